The second-order valence-electron chi connectivity index (χ2n) is 7.49. The summed E-state index contributed by atoms with van der Waals surface area (Å²) < 4.78 is 54.8. The van der Waals surface area contributed by atoms with Crippen LogP contribution < -0.4 is 20.1 Å². The third-order valence-electron chi connectivity index (χ3n) is 4.80. The van der Waals surface area contributed by atoms with Crippen molar-refractivity contribution >= 4 is 52.4 Å². The lowest BCUT2D eigenvalue weighted by molar-refractivity contribution is -0.137. The average Bonchev–Trinajstić information content (AvgIpc) is 2.87. The smallest absolute Gasteiger partial charge is 0.418 e. The van der Waals surface area contributed by atoms with Gasteiger partial charge in [0.1, 0.15) is 0 Å². The highest BCUT2D eigenvalue weighted by Crippen LogP contribution is 2.34. The van der Waals surface area contributed by atoms with Gasteiger partial charge in [0.05, 0.1) is 34.6 Å². The van der Waals surface area contributed by atoms with Gasteiger partial charge in [-0.3, -0.25) is 9.59 Å². The number of methoxy groups -OCH3 is 1. The van der Waals surface area contributed by atoms with E-state index in [1.807, 2.05) is 0 Å². The molecule has 3 aromatic rings. The Balaban J connectivity index is 1.57. The molecule has 3 aromatic carbocycles. The van der Waals surface area contributed by atoms with Crippen molar-refractivity contribution in [3.63, 3.8) is 0 Å². The van der Waals surface area contributed by atoms with Gasteiger partial charge in [-0.25, -0.2) is 4.79 Å². The van der Waals surface area contributed by atoms with Gasteiger partial charge >= 0.3 is 12.1 Å². The number of anilines is 2. The summed E-state index contributed by atoms with van der Waals surface area (Å²) in [7, 11) is 1.28. The molecular formula is C25H19Cl2F3N2O6. The summed E-state index contributed by atoms with van der Waals surface area (Å²) in [6.45, 7) is -1.25. The van der Waals surface area contributed by atoms with E-state index in [0.29, 0.717) is 5.02 Å². The molecule has 200 valence electrons. The Kier molecular flexibility index (Phi) is 9.43. The Morgan fingerprint density at radius 1 is 0.842 bits per heavy atom. The van der Waals surface area contributed by atoms with E-state index in [1.54, 1.807) is 0 Å². The number of hydrogen-bond acceptors (Lipinski definition) is 6. The summed E-state index contributed by atoms with van der Waals surface area (Å²) in [4.78, 5) is 36.7. The van der Waals surface area contributed by atoms with Gasteiger partial charge in [-0.05, 0) is 48.5 Å². The first kappa shape index (κ1) is 28.6. The number of benzene rings is 3. The molecule has 0 radical (unpaired) electrons. The van der Waals surface area contributed by atoms with Crippen LogP contribution in [-0.4, -0.2) is 38.1 Å². The van der Waals surface area contributed by atoms with E-state index >= 15 is 0 Å². The standard InChI is InChI=1S/C25H19Cl2F3N2O6/c1-36-21-10-14(24(35)38-13-23(34)32-19-8-7-15(26)11-17(19)27)6-9-20(21)37-12-22(33)31-18-5-3-2-4-16(18)25(28,29)30/h2-11H,12-13H2,1H3,(H,31,33)(H,32,34). The number of carbonyl (C=O) groups is 3. The zero-order valence-corrected chi connectivity index (χ0v) is 21.0. The quantitative estimate of drug-likeness (QED) is 0.313. The second kappa shape index (κ2) is 12.5. The SMILES string of the molecule is COc1cc(C(=O)OCC(=O)Nc2ccc(Cl)cc2Cl)ccc1OCC(=O)Nc1ccccc1C(F)(F)F. The number of carbonyl (C=O) groups excluding carboxylic acids is 3. The van der Waals surface area contributed by atoms with E-state index in [-0.39, 0.29) is 27.8 Å². The molecule has 0 fully saturated rings. The maximum absolute atomic E-state index is 13.1. The molecule has 0 unspecified atom stereocenters. The molecule has 8 nitrogen and oxygen atoms in total. The third-order valence-corrected chi connectivity index (χ3v) is 5.35. The summed E-state index contributed by atoms with van der Waals surface area (Å²) in [5.74, 6) is -2.26. The van der Waals surface area contributed by atoms with Gasteiger partial charge in [0.15, 0.2) is 24.7 Å². The molecule has 3 rings (SSSR count). The first-order chi connectivity index (χ1) is 18.0. The Hall–Kier alpha value is -3.96. The molecule has 0 aliphatic rings. The number of ether oxygens (including phenoxy) is 3. The summed E-state index contributed by atoms with van der Waals surface area (Å²) in [6.07, 6.45) is -4.65. The molecular weight excluding hydrogens is 552 g/mol. The lowest BCUT2D eigenvalue weighted by Gasteiger charge is -2.15. The van der Waals surface area contributed by atoms with Crippen LogP contribution in [0.4, 0.5) is 24.5 Å². The third kappa shape index (κ3) is 7.77. The molecule has 2 amide bonds. The minimum atomic E-state index is -4.65. The lowest BCUT2D eigenvalue weighted by Crippen LogP contribution is -2.22. The number of rotatable bonds is 9. The first-order valence-electron chi connectivity index (χ1n) is 10.7. The molecule has 0 atom stereocenters. The van der Waals surface area contributed by atoms with Gasteiger partial charge < -0.3 is 24.8 Å². The Labute approximate surface area is 224 Å². The summed E-state index contributed by atoms with van der Waals surface area (Å²) in [5, 5.41) is 5.22. The fourth-order valence-electron chi connectivity index (χ4n) is 3.07. The molecule has 0 saturated carbocycles. The fourth-order valence-corrected chi connectivity index (χ4v) is 3.53. The monoisotopic (exact) mass is 570 g/mol. The van der Waals surface area contributed by atoms with Crippen LogP contribution >= 0.6 is 23.2 Å². The van der Waals surface area contributed by atoms with Crippen molar-refractivity contribution in [1.29, 1.82) is 0 Å². The van der Waals surface area contributed by atoms with Crippen LogP contribution in [-0.2, 0) is 20.5 Å². The summed E-state index contributed by atoms with van der Waals surface area (Å²) in [6, 6.07) is 12.8. The number of hydrogen-bond donors (Lipinski definition) is 2. The maximum Gasteiger partial charge on any atom is 0.418 e. The summed E-state index contributed by atoms with van der Waals surface area (Å²) >= 11 is 11.8. The topological polar surface area (TPSA) is 103 Å². The fraction of sp³-hybridized carbons (Fsp3) is 0.160. The minimum Gasteiger partial charge on any atom is -0.493 e. The molecule has 0 heterocycles. The van der Waals surface area contributed by atoms with Crippen LogP contribution in [0.25, 0.3) is 0 Å². The van der Waals surface area contributed by atoms with E-state index in [0.717, 1.165) is 12.1 Å². The number of alkyl halides is 3. The zero-order chi connectivity index (χ0) is 27.9. The predicted octanol–water partition coefficient (Wildman–Crippen LogP) is 5.83. The van der Waals surface area contributed by atoms with Crippen LogP contribution in [0.15, 0.2) is 60.7 Å². The van der Waals surface area contributed by atoms with Crippen molar-refractivity contribution in [3.05, 3.63) is 81.8 Å². The van der Waals surface area contributed by atoms with Crippen molar-refractivity contribution < 1.29 is 41.8 Å². The molecule has 0 aromatic heterocycles. The highest BCUT2D eigenvalue weighted by atomic mass is 35.5. The number of nitrogens with one attached hydrogen (secondary N) is 2. The molecule has 0 aliphatic heterocycles. The van der Waals surface area contributed by atoms with Crippen LogP contribution in [0, 0.1) is 0 Å². The molecule has 0 saturated heterocycles. The highest BCUT2D eigenvalue weighted by Gasteiger charge is 2.33. The van der Waals surface area contributed by atoms with Gasteiger partial charge in [-0.2, -0.15) is 13.2 Å². The number of para-hydroxylation sites is 1. The van der Waals surface area contributed by atoms with Crippen molar-refractivity contribution in [2.75, 3.05) is 31.0 Å². The Morgan fingerprint density at radius 2 is 1.53 bits per heavy atom. The molecule has 0 spiro atoms. The zero-order valence-electron chi connectivity index (χ0n) is 19.5. The van der Waals surface area contributed by atoms with Crippen LogP contribution in [0.1, 0.15) is 15.9 Å². The molecule has 13 heteroatoms. The molecule has 38 heavy (non-hydrogen) atoms. The molecule has 2 N–H and O–H groups in total. The van der Waals surface area contributed by atoms with Crippen LogP contribution in [0.5, 0.6) is 11.5 Å². The van der Waals surface area contributed by atoms with Gasteiger partial charge in [0.25, 0.3) is 11.8 Å². The van der Waals surface area contributed by atoms with Crippen molar-refractivity contribution in [3.8, 4) is 11.5 Å². The van der Waals surface area contributed by atoms with Crippen LogP contribution in [0.3, 0.4) is 0 Å². The number of amides is 2. The van der Waals surface area contributed by atoms with Crippen LogP contribution in [0.2, 0.25) is 10.0 Å². The maximum atomic E-state index is 13.1. The van der Waals surface area contributed by atoms with E-state index in [1.165, 1.54) is 55.6 Å². The normalized spacial score (nSPS) is 10.9. The van der Waals surface area contributed by atoms with E-state index in [9.17, 15) is 27.6 Å². The largest absolute Gasteiger partial charge is 0.493 e. The van der Waals surface area contributed by atoms with Gasteiger partial charge in [0.2, 0.25) is 0 Å². The summed E-state index contributed by atoms with van der Waals surface area (Å²) in [5.41, 5.74) is -1.12. The lowest BCUT2D eigenvalue weighted by atomic mass is 10.1. The van der Waals surface area contributed by atoms with Gasteiger partial charge in [-0.15, -0.1) is 0 Å². The van der Waals surface area contributed by atoms with Gasteiger partial charge in [0, 0.05) is 5.02 Å². The average molecular weight is 571 g/mol. The van der Waals surface area contributed by atoms with Gasteiger partial charge in [-0.1, -0.05) is 35.3 Å². The molecule has 0 aliphatic carbocycles. The minimum absolute atomic E-state index is 0.00933. The predicted molar refractivity (Wildman–Crippen MR) is 134 cm³/mol. The van der Waals surface area contributed by atoms with Crippen molar-refractivity contribution in [2.45, 2.75) is 6.18 Å². The first-order valence-corrected chi connectivity index (χ1v) is 11.4. The van der Waals surface area contributed by atoms with E-state index in [2.05, 4.69) is 10.6 Å². The highest BCUT2D eigenvalue weighted by molar-refractivity contribution is 6.36. The number of esters is 1. The number of halogens is 5. The Bertz CT molecular complexity index is 1350. The van der Waals surface area contributed by atoms with Crippen molar-refractivity contribution in [2.24, 2.45) is 0 Å². The second-order valence-corrected chi connectivity index (χ2v) is 8.34. The molecule has 0 bridgehead atoms. The van der Waals surface area contributed by atoms with Crippen molar-refractivity contribution in [1.82, 2.24) is 0 Å². The van der Waals surface area contributed by atoms with E-state index < -0.39 is 48.4 Å². The Morgan fingerprint density at radius 3 is 2.21 bits per heavy atom. The van der Waals surface area contributed by atoms with E-state index in [4.69, 9.17) is 37.4 Å².